The highest BCUT2D eigenvalue weighted by molar-refractivity contribution is 6.25. The van der Waals surface area contributed by atoms with Crippen LogP contribution in [0.25, 0.3) is 0 Å². The molecule has 1 radical (unpaired) electrons. The number of hydrogen-bond acceptors (Lipinski definition) is 2. The lowest BCUT2D eigenvalue weighted by molar-refractivity contribution is 0.270. The number of carbonyl (C=O) groups excluding carboxylic acids is 1. The second-order valence-corrected chi connectivity index (χ2v) is 2.04. The minimum atomic E-state index is 0.458. The molecule has 0 aromatic carbocycles. The molecule has 0 amide bonds. The molecule has 0 rings (SSSR count). The van der Waals surface area contributed by atoms with Crippen molar-refractivity contribution >= 4 is 18.1 Å². The molecule has 57 valence electrons. The minimum Gasteiger partial charge on any atom is -0.457 e. The van der Waals surface area contributed by atoms with Crippen molar-refractivity contribution in [3.05, 3.63) is 11.6 Å². The van der Waals surface area contributed by atoms with Gasteiger partial charge in [-0.25, -0.2) is 4.79 Å². The Bertz CT molecular complexity index is 102. The number of allylic oxidation sites excluding steroid dienone is 1. The van der Waals surface area contributed by atoms with Crippen LogP contribution in [0.1, 0.15) is 19.3 Å². The molecule has 10 heavy (non-hydrogen) atoms. The van der Waals surface area contributed by atoms with Gasteiger partial charge in [-0.2, -0.15) is 0 Å². The molecular weight excluding hydrogens is 152 g/mol. The molecule has 0 N–H and O–H groups in total. The predicted octanol–water partition coefficient (Wildman–Crippen LogP) is 1.99. The van der Waals surface area contributed by atoms with E-state index >= 15 is 0 Å². The van der Waals surface area contributed by atoms with Crippen molar-refractivity contribution in [1.29, 1.82) is 0 Å². The summed E-state index contributed by atoms with van der Waals surface area (Å²) in [6.45, 7) is 1.82. The van der Waals surface area contributed by atoms with Gasteiger partial charge in [0.1, 0.15) is 0 Å². The van der Waals surface area contributed by atoms with Gasteiger partial charge in [0.05, 0.1) is 6.61 Å². The van der Waals surface area contributed by atoms with Gasteiger partial charge in [-0.3, -0.25) is 0 Å². The van der Waals surface area contributed by atoms with Crippen molar-refractivity contribution in [2.24, 2.45) is 0 Å². The van der Waals surface area contributed by atoms with E-state index in [1.165, 1.54) is 12.0 Å². The zero-order valence-electron chi connectivity index (χ0n) is 5.68. The Hall–Kier alpha value is -0.500. The summed E-state index contributed by atoms with van der Waals surface area (Å²) < 4.78 is 4.35. The monoisotopic (exact) mass is 161 g/mol. The van der Waals surface area contributed by atoms with Crippen molar-refractivity contribution in [1.82, 2.24) is 0 Å². The molecule has 0 atom stereocenters. The fourth-order valence-corrected chi connectivity index (χ4v) is 0.667. The van der Waals surface area contributed by atoms with Gasteiger partial charge in [0.15, 0.2) is 0 Å². The Balaban J connectivity index is 2.83. The van der Waals surface area contributed by atoms with Gasteiger partial charge in [-0.1, -0.05) is 17.7 Å². The third-order valence-corrected chi connectivity index (χ3v) is 1.19. The smallest absolute Gasteiger partial charge is 0.417 e. The lowest BCUT2D eigenvalue weighted by Crippen LogP contribution is -1.90. The quantitative estimate of drug-likeness (QED) is 0.557. The van der Waals surface area contributed by atoms with Crippen LogP contribution in [0.4, 0.5) is 0 Å². The molecule has 0 saturated heterocycles. The first-order chi connectivity index (χ1) is 4.91. The molecule has 0 fully saturated rings. The van der Waals surface area contributed by atoms with E-state index in [0.29, 0.717) is 6.61 Å². The van der Waals surface area contributed by atoms with E-state index in [1.807, 2.05) is 6.08 Å². The van der Waals surface area contributed by atoms with Crippen LogP contribution in [0.15, 0.2) is 11.6 Å². The lowest BCUT2D eigenvalue weighted by atomic mass is 10.2. The summed E-state index contributed by atoms with van der Waals surface area (Å²) >= 11 is 5.27. The molecule has 0 bridgehead atoms. The highest BCUT2D eigenvalue weighted by atomic mass is 35.5. The molecule has 2 nitrogen and oxygen atoms in total. The van der Waals surface area contributed by atoms with E-state index in [0.717, 1.165) is 19.3 Å². The molecule has 0 unspecified atom stereocenters. The summed E-state index contributed by atoms with van der Waals surface area (Å²) in [5.74, 6) is 0. The number of unbranched alkanes of at least 4 members (excludes halogenated alkanes) is 2. The minimum absolute atomic E-state index is 0.458. The van der Waals surface area contributed by atoms with Crippen molar-refractivity contribution in [2.75, 3.05) is 6.61 Å². The SMILES string of the molecule is O=[C]OCCCC/C=C/Cl. The Morgan fingerprint density at radius 2 is 2.30 bits per heavy atom. The number of hydrogen-bond donors (Lipinski definition) is 0. The maximum Gasteiger partial charge on any atom is 0.417 e. The first kappa shape index (κ1) is 9.50. The van der Waals surface area contributed by atoms with E-state index in [9.17, 15) is 4.79 Å². The third-order valence-electron chi connectivity index (χ3n) is 1.02. The summed E-state index contributed by atoms with van der Waals surface area (Å²) in [4.78, 5) is 9.51. The van der Waals surface area contributed by atoms with Gasteiger partial charge >= 0.3 is 6.47 Å². The maximum absolute atomic E-state index is 9.51. The summed E-state index contributed by atoms with van der Waals surface area (Å²) in [5, 5.41) is 0. The molecule has 0 spiro atoms. The maximum atomic E-state index is 9.51. The van der Waals surface area contributed by atoms with Crippen LogP contribution < -0.4 is 0 Å². The summed E-state index contributed by atoms with van der Waals surface area (Å²) in [5.41, 5.74) is 1.49. The molecule has 0 heterocycles. The van der Waals surface area contributed by atoms with Crippen molar-refractivity contribution in [3.63, 3.8) is 0 Å². The summed E-state index contributed by atoms with van der Waals surface area (Å²) in [6.07, 6.45) is 4.67. The normalized spacial score (nSPS) is 10.1. The number of rotatable bonds is 6. The van der Waals surface area contributed by atoms with Crippen molar-refractivity contribution in [2.45, 2.75) is 19.3 Å². The molecule has 0 aliphatic rings. The molecule has 0 aliphatic heterocycles. The van der Waals surface area contributed by atoms with Gasteiger partial charge in [-0.05, 0) is 19.3 Å². The van der Waals surface area contributed by atoms with Crippen molar-refractivity contribution < 1.29 is 9.53 Å². The van der Waals surface area contributed by atoms with Gasteiger partial charge in [0.2, 0.25) is 0 Å². The van der Waals surface area contributed by atoms with E-state index in [2.05, 4.69) is 4.74 Å². The average Bonchev–Trinajstić information content (AvgIpc) is 1.97. The van der Waals surface area contributed by atoms with E-state index in [-0.39, 0.29) is 0 Å². The van der Waals surface area contributed by atoms with Gasteiger partial charge in [0, 0.05) is 5.54 Å². The fraction of sp³-hybridized carbons (Fsp3) is 0.571. The number of halogens is 1. The van der Waals surface area contributed by atoms with Crippen LogP contribution in [0.3, 0.4) is 0 Å². The lowest BCUT2D eigenvalue weighted by Gasteiger charge is -1.93. The Kier molecular flexibility index (Phi) is 8.07. The molecule has 3 heteroatoms. The predicted molar refractivity (Wildman–Crippen MR) is 40.5 cm³/mol. The first-order valence-corrected chi connectivity index (χ1v) is 3.59. The van der Waals surface area contributed by atoms with E-state index < -0.39 is 0 Å². The molecule has 0 aliphatic carbocycles. The van der Waals surface area contributed by atoms with Crippen LogP contribution in [0.2, 0.25) is 0 Å². The largest absolute Gasteiger partial charge is 0.457 e. The standard InChI is InChI=1S/C7H10ClO2/c8-5-3-1-2-4-6-10-7-9/h3,5H,1-2,4,6H2/b5-3+. The van der Waals surface area contributed by atoms with Crippen LogP contribution in [0, 0.1) is 0 Å². The topological polar surface area (TPSA) is 26.3 Å². The zero-order valence-corrected chi connectivity index (χ0v) is 6.43. The Labute approximate surface area is 65.8 Å². The van der Waals surface area contributed by atoms with Crippen molar-refractivity contribution in [3.8, 4) is 0 Å². The van der Waals surface area contributed by atoms with Crippen LogP contribution in [-0.2, 0) is 9.53 Å². The summed E-state index contributed by atoms with van der Waals surface area (Å²) in [6, 6.07) is 0. The molecule has 0 aromatic heterocycles. The van der Waals surface area contributed by atoms with E-state index in [1.54, 1.807) is 0 Å². The Morgan fingerprint density at radius 1 is 1.50 bits per heavy atom. The van der Waals surface area contributed by atoms with Gasteiger partial charge in [-0.15, -0.1) is 0 Å². The highest BCUT2D eigenvalue weighted by Gasteiger charge is 1.85. The molecule has 0 saturated carbocycles. The van der Waals surface area contributed by atoms with Gasteiger partial charge < -0.3 is 4.74 Å². The highest BCUT2D eigenvalue weighted by Crippen LogP contribution is 1.96. The van der Waals surface area contributed by atoms with Crippen LogP contribution in [0.5, 0.6) is 0 Å². The van der Waals surface area contributed by atoms with Crippen LogP contribution >= 0.6 is 11.6 Å². The Morgan fingerprint density at radius 3 is 2.90 bits per heavy atom. The van der Waals surface area contributed by atoms with Gasteiger partial charge in [0.25, 0.3) is 0 Å². The third kappa shape index (κ3) is 7.50. The average molecular weight is 162 g/mol. The molecular formula is C7H10ClO2. The zero-order chi connectivity index (χ0) is 7.66. The second-order valence-electron chi connectivity index (χ2n) is 1.79. The van der Waals surface area contributed by atoms with E-state index in [4.69, 9.17) is 11.6 Å². The molecule has 0 aromatic rings. The number of ether oxygens (including phenoxy) is 1. The fourth-order valence-electron chi connectivity index (χ4n) is 0.541. The van der Waals surface area contributed by atoms with Crippen LogP contribution in [-0.4, -0.2) is 13.1 Å². The summed E-state index contributed by atoms with van der Waals surface area (Å²) in [7, 11) is 0. The second kappa shape index (κ2) is 8.50. The first-order valence-electron chi connectivity index (χ1n) is 3.16.